The highest BCUT2D eigenvalue weighted by Gasteiger charge is 2.54. The summed E-state index contributed by atoms with van der Waals surface area (Å²) in [6.07, 6.45) is 12.7. The van der Waals surface area contributed by atoms with E-state index in [0.29, 0.717) is 11.5 Å². The summed E-state index contributed by atoms with van der Waals surface area (Å²) in [7, 11) is 0. The number of hydrogen-bond acceptors (Lipinski definition) is 1. The van der Waals surface area contributed by atoms with Crippen LogP contribution in [0, 0.1) is 5.41 Å². The van der Waals surface area contributed by atoms with Crippen molar-refractivity contribution in [3.05, 3.63) is 0 Å². The third-order valence-electron chi connectivity index (χ3n) is 4.54. The monoisotopic (exact) mass is 288 g/mol. The van der Waals surface area contributed by atoms with Crippen LogP contribution in [0.4, 0.5) is 0 Å². The van der Waals surface area contributed by atoms with Crippen LogP contribution in [0.15, 0.2) is 0 Å². The predicted octanol–water partition coefficient (Wildman–Crippen LogP) is 4.68. The standard InChI is InChI=1S/C14H25BrO/c1-2-3-7-10-16-13-11-12(15)14(13)8-5-4-6-9-14/h12-13H,2-11H2,1H3. The molecule has 2 heteroatoms. The van der Waals surface area contributed by atoms with Crippen LogP contribution in [0.2, 0.25) is 0 Å². The highest BCUT2D eigenvalue weighted by atomic mass is 79.9. The molecule has 0 radical (unpaired) electrons. The summed E-state index contributed by atoms with van der Waals surface area (Å²) < 4.78 is 6.11. The van der Waals surface area contributed by atoms with Gasteiger partial charge in [-0.25, -0.2) is 0 Å². The molecule has 2 atom stereocenters. The Morgan fingerprint density at radius 2 is 1.94 bits per heavy atom. The van der Waals surface area contributed by atoms with E-state index < -0.39 is 0 Å². The lowest BCUT2D eigenvalue weighted by atomic mass is 9.58. The van der Waals surface area contributed by atoms with E-state index in [2.05, 4.69) is 22.9 Å². The summed E-state index contributed by atoms with van der Waals surface area (Å²) in [5.74, 6) is 0. The van der Waals surface area contributed by atoms with Gasteiger partial charge >= 0.3 is 0 Å². The van der Waals surface area contributed by atoms with Crippen molar-refractivity contribution in [3.63, 3.8) is 0 Å². The number of hydrogen-bond donors (Lipinski definition) is 0. The molecule has 0 aromatic carbocycles. The second-order valence-electron chi connectivity index (χ2n) is 5.56. The number of ether oxygens (including phenoxy) is 1. The average molecular weight is 289 g/mol. The molecule has 0 saturated heterocycles. The molecule has 0 amide bonds. The first kappa shape index (κ1) is 12.9. The molecule has 2 unspecified atom stereocenters. The van der Waals surface area contributed by atoms with E-state index in [1.807, 2.05) is 0 Å². The molecule has 0 N–H and O–H groups in total. The lowest BCUT2D eigenvalue weighted by molar-refractivity contribution is -0.121. The lowest BCUT2D eigenvalue weighted by Crippen LogP contribution is -2.56. The highest BCUT2D eigenvalue weighted by molar-refractivity contribution is 9.09. The van der Waals surface area contributed by atoms with Crippen molar-refractivity contribution in [2.45, 2.75) is 75.6 Å². The summed E-state index contributed by atoms with van der Waals surface area (Å²) in [4.78, 5) is 0.733. The van der Waals surface area contributed by atoms with Crippen molar-refractivity contribution >= 4 is 15.9 Å². The first-order chi connectivity index (χ1) is 7.79. The van der Waals surface area contributed by atoms with Crippen LogP contribution in [0.25, 0.3) is 0 Å². The molecule has 2 saturated carbocycles. The van der Waals surface area contributed by atoms with E-state index in [0.717, 1.165) is 11.4 Å². The van der Waals surface area contributed by atoms with Gasteiger partial charge in [-0.3, -0.25) is 0 Å². The van der Waals surface area contributed by atoms with Crippen LogP contribution < -0.4 is 0 Å². The molecule has 0 aromatic rings. The van der Waals surface area contributed by atoms with Gasteiger partial charge in [-0.15, -0.1) is 0 Å². The second-order valence-corrected chi connectivity index (χ2v) is 6.67. The summed E-state index contributed by atoms with van der Waals surface area (Å²) in [6.45, 7) is 3.24. The zero-order valence-electron chi connectivity index (χ0n) is 10.5. The Morgan fingerprint density at radius 3 is 2.56 bits per heavy atom. The van der Waals surface area contributed by atoms with Gasteiger partial charge in [-0.05, 0) is 25.7 Å². The van der Waals surface area contributed by atoms with Crippen LogP contribution in [-0.4, -0.2) is 17.5 Å². The summed E-state index contributed by atoms with van der Waals surface area (Å²) in [6, 6.07) is 0. The quantitative estimate of drug-likeness (QED) is 0.527. The molecule has 2 aliphatic rings. The fraction of sp³-hybridized carbons (Fsp3) is 1.00. The largest absolute Gasteiger partial charge is 0.378 e. The molecule has 1 nitrogen and oxygen atoms in total. The topological polar surface area (TPSA) is 9.23 Å². The molecule has 2 fully saturated rings. The fourth-order valence-corrected chi connectivity index (χ4v) is 4.45. The van der Waals surface area contributed by atoms with Crippen molar-refractivity contribution in [3.8, 4) is 0 Å². The molecule has 0 heterocycles. The van der Waals surface area contributed by atoms with Gasteiger partial charge in [-0.1, -0.05) is 55.0 Å². The van der Waals surface area contributed by atoms with Crippen LogP contribution in [0.1, 0.15) is 64.7 Å². The summed E-state index contributed by atoms with van der Waals surface area (Å²) >= 11 is 3.86. The highest BCUT2D eigenvalue weighted by Crippen LogP contribution is 2.56. The molecule has 16 heavy (non-hydrogen) atoms. The van der Waals surface area contributed by atoms with Crippen molar-refractivity contribution in [1.82, 2.24) is 0 Å². The van der Waals surface area contributed by atoms with Gasteiger partial charge in [0.15, 0.2) is 0 Å². The van der Waals surface area contributed by atoms with Crippen molar-refractivity contribution < 1.29 is 4.74 Å². The van der Waals surface area contributed by atoms with Gasteiger partial charge < -0.3 is 4.74 Å². The third kappa shape index (κ3) is 2.48. The van der Waals surface area contributed by atoms with Crippen molar-refractivity contribution in [1.29, 1.82) is 0 Å². The van der Waals surface area contributed by atoms with Crippen molar-refractivity contribution in [2.75, 3.05) is 6.61 Å². The zero-order valence-corrected chi connectivity index (χ0v) is 12.1. The van der Waals surface area contributed by atoms with E-state index >= 15 is 0 Å². The molecule has 2 aliphatic carbocycles. The number of unbranched alkanes of at least 4 members (excludes halogenated alkanes) is 2. The lowest BCUT2D eigenvalue weighted by Gasteiger charge is -2.55. The molecular weight excluding hydrogens is 264 g/mol. The van der Waals surface area contributed by atoms with E-state index in [1.165, 1.54) is 57.8 Å². The van der Waals surface area contributed by atoms with Gasteiger partial charge in [0.05, 0.1) is 6.10 Å². The Bertz CT molecular complexity index is 211. The summed E-state index contributed by atoms with van der Waals surface area (Å²) in [5.41, 5.74) is 0.518. The minimum absolute atomic E-state index is 0.518. The van der Waals surface area contributed by atoms with Crippen LogP contribution in [0.3, 0.4) is 0 Å². The van der Waals surface area contributed by atoms with E-state index in [-0.39, 0.29) is 0 Å². The number of alkyl halides is 1. The molecule has 0 aliphatic heterocycles. The Hall–Kier alpha value is 0.440. The Morgan fingerprint density at radius 1 is 1.19 bits per heavy atom. The molecule has 1 spiro atoms. The molecule has 94 valence electrons. The smallest absolute Gasteiger partial charge is 0.0652 e. The fourth-order valence-electron chi connectivity index (χ4n) is 3.36. The number of rotatable bonds is 5. The van der Waals surface area contributed by atoms with Gasteiger partial charge in [0.2, 0.25) is 0 Å². The van der Waals surface area contributed by atoms with E-state index in [4.69, 9.17) is 4.74 Å². The molecule has 2 rings (SSSR count). The predicted molar refractivity (Wildman–Crippen MR) is 72.1 cm³/mol. The maximum atomic E-state index is 6.11. The van der Waals surface area contributed by atoms with Gasteiger partial charge in [0, 0.05) is 16.8 Å². The maximum absolute atomic E-state index is 6.11. The third-order valence-corrected chi connectivity index (χ3v) is 5.82. The minimum Gasteiger partial charge on any atom is -0.378 e. The van der Waals surface area contributed by atoms with E-state index in [1.54, 1.807) is 0 Å². The van der Waals surface area contributed by atoms with Gasteiger partial charge in [0.1, 0.15) is 0 Å². The van der Waals surface area contributed by atoms with Crippen molar-refractivity contribution in [2.24, 2.45) is 5.41 Å². The van der Waals surface area contributed by atoms with Gasteiger partial charge in [-0.2, -0.15) is 0 Å². The molecular formula is C14H25BrO. The first-order valence-corrected chi connectivity index (χ1v) is 7.97. The summed E-state index contributed by atoms with van der Waals surface area (Å²) in [5, 5.41) is 0. The first-order valence-electron chi connectivity index (χ1n) is 7.05. The Kier molecular flexibility index (Phi) is 4.72. The zero-order chi connectivity index (χ0) is 11.4. The van der Waals surface area contributed by atoms with Crippen LogP contribution in [-0.2, 0) is 4.74 Å². The van der Waals surface area contributed by atoms with Crippen LogP contribution in [0.5, 0.6) is 0 Å². The SMILES string of the molecule is CCCCCOC1CC(Br)C12CCCCC2. The Balaban J connectivity index is 1.77. The number of halogens is 1. The normalized spacial score (nSPS) is 32.6. The molecule has 0 aromatic heterocycles. The minimum atomic E-state index is 0.518. The van der Waals surface area contributed by atoms with Gasteiger partial charge in [0.25, 0.3) is 0 Å². The maximum Gasteiger partial charge on any atom is 0.0652 e. The second kappa shape index (κ2) is 5.86. The van der Waals surface area contributed by atoms with E-state index in [9.17, 15) is 0 Å². The Labute approximate surface area is 108 Å². The average Bonchev–Trinajstić information content (AvgIpc) is 2.34. The molecule has 0 bridgehead atoms. The van der Waals surface area contributed by atoms with Crippen LogP contribution >= 0.6 is 15.9 Å².